The molecular formula is C25H33N5O4. The first-order valence-corrected chi connectivity index (χ1v) is 11.2. The molecule has 0 saturated heterocycles. The van der Waals surface area contributed by atoms with Crippen molar-refractivity contribution >= 4 is 23.5 Å². The van der Waals surface area contributed by atoms with E-state index in [4.69, 9.17) is 0 Å². The highest BCUT2D eigenvalue weighted by atomic mass is 16.2. The van der Waals surface area contributed by atoms with Gasteiger partial charge in [0.25, 0.3) is 11.8 Å². The number of nitrogens with one attached hydrogen (secondary N) is 3. The van der Waals surface area contributed by atoms with Crippen LogP contribution in [0.2, 0.25) is 0 Å². The zero-order valence-corrected chi connectivity index (χ0v) is 20.3. The molecule has 34 heavy (non-hydrogen) atoms. The first kappa shape index (κ1) is 26.6. The zero-order chi connectivity index (χ0) is 25.3. The Morgan fingerprint density at radius 2 is 1.53 bits per heavy atom. The Balaban J connectivity index is 2.24. The van der Waals surface area contributed by atoms with Crippen molar-refractivity contribution in [2.45, 2.75) is 65.1 Å². The minimum absolute atomic E-state index is 0.0792. The van der Waals surface area contributed by atoms with Gasteiger partial charge >= 0.3 is 0 Å². The summed E-state index contributed by atoms with van der Waals surface area (Å²) in [5, 5.41) is 8.05. The summed E-state index contributed by atoms with van der Waals surface area (Å²) >= 11 is 0. The molecule has 1 aromatic carbocycles. The number of carbonyl (C=O) groups is 4. The summed E-state index contributed by atoms with van der Waals surface area (Å²) in [5.41, 5.74) is 0.390. The van der Waals surface area contributed by atoms with Gasteiger partial charge in [-0.25, -0.2) is 9.97 Å². The summed E-state index contributed by atoms with van der Waals surface area (Å²) in [6.45, 7) is 9.14. The smallest absolute Gasteiger partial charge is 0.290 e. The van der Waals surface area contributed by atoms with Crippen LogP contribution in [0.1, 0.15) is 57.0 Å². The lowest BCUT2D eigenvalue weighted by Gasteiger charge is -2.25. The average Bonchev–Trinajstić information content (AvgIpc) is 2.77. The standard InChI is InChI=1S/C25H33N5O4/c1-16(2)11-20(29-22(32)18-13-26-15-27-14-18)23(33)28-19(12-17-9-7-6-8-10-17)21(31)24(34)30-25(3,4)5/h6-10,13-16,19-20H,11-12H2,1-5H3,(H,28,33)(H,29,32)(H,30,34)/t19?,20-/m0/s1. The highest BCUT2D eigenvalue weighted by Gasteiger charge is 2.32. The van der Waals surface area contributed by atoms with Gasteiger partial charge in [0.1, 0.15) is 18.4 Å². The maximum atomic E-state index is 13.2. The molecule has 1 heterocycles. The zero-order valence-electron chi connectivity index (χ0n) is 20.3. The number of nitrogens with zero attached hydrogens (tertiary/aromatic N) is 2. The van der Waals surface area contributed by atoms with Gasteiger partial charge in [0, 0.05) is 24.4 Å². The molecule has 0 spiro atoms. The van der Waals surface area contributed by atoms with E-state index in [0.29, 0.717) is 6.42 Å². The lowest BCUT2D eigenvalue weighted by Crippen LogP contribution is -2.56. The van der Waals surface area contributed by atoms with Gasteiger partial charge in [0.15, 0.2) is 0 Å². The fraction of sp³-hybridized carbons (Fsp3) is 0.440. The summed E-state index contributed by atoms with van der Waals surface area (Å²) in [7, 11) is 0. The molecule has 2 rings (SSSR count). The molecule has 2 atom stereocenters. The molecule has 1 unspecified atom stereocenters. The predicted octanol–water partition coefficient (Wildman–Crippen LogP) is 1.83. The van der Waals surface area contributed by atoms with Gasteiger partial charge < -0.3 is 16.0 Å². The van der Waals surface area contributed by atoms with Gasteiger partial charge in [-0.2, -0.15) is 0 Å². The molecule has 9 nitrogen and oxygen atoms in total. The lowest BCUT2D eigenvalue weighted by atomic mass is 9.98. The van der Waals surface area contributed by atoms with E-state index < -0.39 is 41.1 Å². The van der Waals surface area contributed by atoms with Crippen molar-refractivity contribution in [1.29, 1.82) is 0 Å². The van der Waals surface area contributed by atoms with E-state index in [-0.39, 0.29) is 17.9 Å². The average molecular weight is 468 g/mol. The van der Waals surface area contributed by atoms with Gasteiger partial charge in [-0.15, -0.1) is 0 Å². The largest absolute Gasteiger partial charge is 0.345 e. The maximum Gasteiger partial charge on any atom is 0.290 e. The van der Waals surface area contributed by atoms with Crippen LogP contribution in [0.4, 0.5) is 0 Å². The van der Waals surface area contributed by atoms with E-state index >= 15 is 0 Å². The van der Waals surface area contributed by atoms with Gasteiger partial charge in [0.2, 0.25) is 11.7 Å². The fourth-order valence-corrected chi connectivity index (χ4v) is 3.25. The third-order valence-corrected chi connectivity index (χ3v) is 4.78. The lowest BCUT2D eigenvalue weighted by molar-refractivity contribution is -0.141. The van der Waals surface area contributed by atoms with E-state index in [0.717, 1.165) is 5.56 Å². The van der Waals surface area contributed by atoms with Crippen molar-refractivity contribution in [3.05, 3.63) is 60.2 Å². The molecular weight excluding hydrogens is 434 g/mol. The number of carbonyl (C=O) groups excluding carboxylic acids is 4. The molecule has 0 fully saturated rings. The summed E-state index contributed by atoms with van der Waals surface area (Å²) < 4.78 is 0. The molecule has 0 aliphatic heterocycles. The summed E-state index contributed by atoms with van der Waals surface area (Å²) in [5.74, 6) is -2.50. The molecule has 0 aliphatic rings. The quantitative estimate of drug-likeness (QED) is 0.457. The van der Waals surface area contributed by atoms with Gasteiger partial charge in [-0.1, -0.05) is 44.2 Å². The fourth-order valence-electron chi connectivity index (χ4n) is 3.25. The Morgan fingerprint density at radius 3 is 2.09 bits per heavy atom. The van der Waals surface area contributed by atoms with Crippen molar-refractivity contribution in [2.24, 2.45) is 5.92 Å². The van der Waals surface area contributed by atoms with Crippen LogP contribution in [-0.4, -0.2) is 51.1 Å². The maximum absolute atomic E-state index is 13.2. The van der Waals surface area contributed by atoms with E-state index in [1.807, 2.05) is 44.2 Å². The normalized spacial score (nSPS) is 13.0. The molecule has 0 bridgehead atoms. The highest BCUT2D eigenvalue weighted by Crippen LogP contribution is 2.10. The molecule has 182 valence electrons. The Kier molecular flexibility index (Phi) is 9.41. The Labute approximate surface area is 200 Å². The molecule has 3 amide bonds. The molecule has 1 aromatic heterocycles. The van der Waals surface area contributed by atoms with Crippen LogP contribution in [0.15, 0.2) is 49.1 Å². The summed E-state index contributed by atoms with van der Waals surface area (Å²) in [4.78, 5) is 59.1. The Morgan fingerprint density at radius 1 is 0.912 bits per heavy atom. The van der Waals surface area contributed by atoms with Gasteiger partial charge in [-0.3, -0.25) is 19.2 Å². The second-order valence-electron chi connectivity index (χ2n) is 9.60. The first-order valence-electron chi connectivity index (χ1n) is 11.2. The van der Waals surface area contributed by atoms with E-state index in [2.05, 4.69) is 25.9 Å². The van der Waals surface area contributed by atoms with E-state index in [1.165, 1.54) is 18.7 Å². The second kappa shape index (κ2) is 12.0. The van der Waals surface area contributed by atoms with Crippen LogP contribution in [0.25, 0.3) is 0 Å². The van der Waals surface area contributed by atoms with Crippen LogP contribution in [0.5, 0.6) is 0 Å². The summed E-state index contributed by atoms with van der Waals surface area (Å²) in [6.07, 6.45) is 4.48. The monoisotopic (exact) mass is 467 g/mol. The number of hydrogen-bond acceptors (Lipinski definition) is 6. The first-order chi connectivity index (χ1) is 16.0. The minimum atomic E-state index is -1.09. The van der Waals surface area contributed by atoms with Gasteiger partial charge in [0.05, 0.1) is 5.56 Å². The Bertz CT molecular complexity index is 987. The predicted molar refractivity (Wildman–Crippen MR) is 128 cm³/mol. The molecule has 2 aromatic rings. The Hall–Kier alpha value is -3.62. The van der Waals surface area contributed by atoms with Gasteiger partial charge in [-0.05, 0) is 38.7 Å². The molecule has 0 saturated carbocycles. The molecule has 0 aliphatic carbocycles. The third kappa shape index (κ3) is 8.73. The summed E-state index contributed by atoms with van der Waals surface area (Å²) in [6, 6.07) is 7.10. The minimum Gasteiger partial charge on any atom is -0.345 e. The third-order valence-electron chi connectivity index (χ3n) is 4.78. The number of hydrogen-bond donors (Lipinski definition) is 3. The SMILES string of the molecule is CC(C)C[C@H](NC(=O)c1cncnc1)C(=O)NC(Cc1ccccc1)C(=O)C(=O)NC(C)(C)C. The topological polar surface area (TPSA) is 130 Å². The van der Waals surface area contributed by atoms with Crippen molar-refractivity contribution in [1.82, 2.24) is 25.9 Å². The van der Waals surface area contributed by atoms with Crippen molar-refractivity contribution < 1.29 is 19.2 Å². The van der Waals surface area contributed by atoms with Crippen LogP contribution in [-0.2, 0) is 20.8 Å². The van der Waals surface area contributed by atoms with Crippen LogP contribution in [0.3, 0.4) is 0 Å². The second-order valence-corrected chi connectivity index (χ2v) is 9.60. The number of rotatable bonds is 10. The van der Waals surface area contributed by atoms with Crippen molar-refractivity contribution in [3.63, 3.8) is 0 Å². The number of aromatic nitrogens is 2. The molecule has 3 N–H and O–H groups in total. The van der Waals surface area contributed by atoms with Crippen LogP contribution < -0.4 is 16.0 Å². The molecule has 9 heteroatoms. The van der Waals surface area contributed by atoms with Crippen molar-refractivity contribution in [3.8, 4) is 0 Å². The van der Waals surface area contributed by atoms with Crippen LogP contribution >= 0.6 is 0 Å². The number of amides is 3. The van der Waals surface area contributed by atoms with E-state index in [1.54, 1.807) is 20.8 Å². The number of benzene rings is 1. The molecule has 0 radical (unpaired) electrons. The number of ketones is 1. The number of Topliss-reactive ketones (excluding diaryl/α,β-unsaturated/α-hetero) is 1. The highest BCUT2D eigenvalue weighted by molar-refractivity contribution is 6.38. The van der Waals surface area contributed by atoms with E-state index in [9.17, 15) is 19.2 Å². The van der Waals surface area contributed by atoms with Crippen molar-refractivity contribution in [2.75, 3.05) is 0 Å². The van der Waals surface area contributed by atoms with Crippen LogP contribution in [0, 0.1) is 5.92 Å².